The van der Waals surface area contributed by atoms with Crippen LogP contribution in [-0.4, -0.2) is 59.1 Å². The van der Waals surface area contributed by atoms with Crippen LogP contribution < -0.4 is 5.32 Å². The lowest BCUT2D eigenvalue weighted by molar-refractivity contribution is 0.0491. The number of piperazine rings is 1. The number of hydrogen-bond acceptors (Lipinski definition) is 4. The summed E-state index contributed by atoms with van der Waals surface area (Å²) in [4.78, 5) is 17.5. The number of aromatic amines is 1. The Hall–Kier alpha value is -1.89. The molecule has 2 aromatic rings. The molecule has 0 radical (unpaired) electrons. The average molecular weight is 362 g/mol. The third-order valence-corrected chi connectivity index (χ3v) is 5.04. The van der Waals surface area contributed by atoms with Crippen molar-refractivity contribution < 1.29 is 4.79 Å². The molecular formula is C18H24ClN5O. The quantitative estimate of drug-likeness (QED) is 0.853. The minimum atomic E-state index is 0. The van der Waals surface area contributed by atoms with Crippen molar-refractivity contribution in [1.82, 2.24) is 25.3 Å². The predicted molar refractivity (Wildman–Crippen MR) is 99.0 cm³/mol. The summed E-state index contributed by atoms with van der Waals surface area (Å²) in [6.07, 6.45) is 0.903. The van der Waals surface area contributed by atoms with E-state index in [0.29, 0.717) is 5.69 Å². The smallest absolute Gasteiger partial charge is 0.275 e. The molecule has 4 rings (SSSR count). The lowest BCUT2D eigenvalue weighted by Crippen LogP contribution is -2.49. The van der Waals surface area contributed by atoms with Crippen LogP contribution in [0.25, 0.3) is 0 Å². The van der Waals surface area contributed by atoms with Gasteiger partial charge in [-0.3, -0.25) is 9.89 Å². The molecule has 0 bridgehead atoms. The number of halogens is 1. The van der Waals surface area contributed by atoms with E-state index in [-0.39, 0.29) is 24.4 Å². The number of amides is 1. The van der Waals surface area contributed by atoms with E-state index in [1.54, 1.807) is 0 Å². The summed E-state index contributed by atoms with van der Waals surface area (Å²) in [6.45, 7) is 4.12. The van der Waals surface area contributed by atoms with Gasteiger partial charge in [0.1, 0.15) is 0 Å². The maximum absolute atomic E-state index is 13.2. The summed E-state index contributed by atoms with van der Waals surface area (Å²) < 4.78 is 0. The van der Waals surface area contributed by atoms with E-state index in [1.807, 2.05) is 23.1 Å². The van der Waals surface area contributed by atoms with E-state index in [1.165, 1.54) is 5.56 Å². The molecule has 134 valence electrons. The van der Waals surface area contributed by atoms with Crippen LogP contribution in [0.1, 0.15) is 33.4 Å². The van der Waals surface area contributed by atoms with Crippen molar-refractivity contribution in [3.8, 4) is 0 Å². The first-order chi connectivity index (χ1) is 11.7. The first kappa shape index (κ1) is 17.9. The Bertz CT molecular complexity index is 732. The second-order valence-corrected chi connectivity index (χ2v) is 6.64. The van der Waals surface area contributed by atoms with Crippen LogP contribution in [0, 0.1) is 0 Å². The molecule has 2 aliphatic heterocycles. The van der Waals surface area contributed by atoms with Crippen LogP contribution in [0.4, 0.5) is 0 Å². The first-order valence-electron chi connectivity index (χ1n) is 8.55. The van der Waals surface area contributed by atoms with Crippen molar-refractivity contribution in [2.45, 2.75) is 19.0 Å². The van der Waals surface area contributed by atoms with Gasteiger partial charge in [0.2, 0.25) is 0 Å². The van der Waals surface area contributed by atoms with Gasteiger partial charge in [-0.05, 0) is 12.6 Å². The number of carbonyl (C=O) groups excluding carboxylic acids is 1. The maximum atomic E-state index is 13.2. The highest BCUT2D eigenvalue weighted by atomic mass is 35.5. The Labute approximate surface area is 154 Å². The highest BCUT2D eigenvalue weighted by Crippen LogP contribution is 2.27. The normalized spacial score (nSPS) is 20.7. The first-order valence-corrected chi connectivity index (χ1v) is 8.55. The maximum Gasteiger partial charge on any atom is 0.275 e. The van der Waals surface area contributed by atoms with Gasteiger partial charge < -0.3 is 15.1 Å². The molecule has 2 aliphatic rings. The van der Waals surface area contributed by atoms with Gasteiger partial charge in [-0.15, -0.1) is 12.4 Å². The highest BCUT2D eigenvalue weighted by Gasteiger charge is 2.33. The number of fused-ring (bicyclic) bond motifs is 1. The Morgan fingerprint density at radius 3 is 2.84 bits per heavy atom. The minimum Gasteiger partial charge on any atom is -0.328 e. The lowest BCUT2D eigenvalue weighted by Gasteiger charge is -2.40. The summed E-state index contributed by atoms with van der Waals surface area (Å²) in [6, 6.07) is 10.4. The Morgan fingerprint density at radius 2 is 2.04 bits per heavy atom. The van der Waals surface area contributed by atoms with E-state index in [9.17, 15) is 4.79 Å². The van der Waals surface area contributed by atoms with Gasteiger partial charge in [-0.1, -0.05) is 30.3 Å². The van der Waals surface area contributed by atoms with Crippen LogP contribution in [0.5, 0.6) is 0 Å². The fourth-order valence-corrected chi connectivity index (χ4v) is 3.66. The molecule has 7 heteroatoms. The van der Waals surface area contributed by atoms with Gasteiger partial charge in [0.15, 0.2) is 5.69 Å². The topological polar surface area (TPSA) is 64.3 Å². The molecule has 1 aromatic heterocycles. The van der Waals surface area contributed by atoms with Crippen molar-refractivity contribution >= 4 is 18.3 Å². The highest BCUT2D eigenvalue weighted by molar-refractivity contribution is 5.94. The van der Waals surface area contributed by atoms with Crippen molar-refractivity contribution in [2.24, 2.45) is 0 Å². The number of aromatic nitrogens is 2. The minimum absolute atomic E-state index is 0. The van der Waals surface area contributed by atoms with Crippen LogP contribution >= 0.6 is 12.4 Å². The lowest BCUT2D eigenvalue weighted by atomic mass is 10.0. The second-order valence-electron chi connectivity index (χ2n) is 6.64. The van der Waals surface area contributed by atoms with Crippen LogP contribution in [0.2, 0.25) is 0 Å². The molecule has 1 amide bonds. The average Bonchev–Trinajstić information content (AvgIpc) is 3.06. The second kappa shape index (κ2) is 7.56. The Morgan fingerprint density at radius 1 is 1.24 bits per heavy atom. The zero-order chi connectivity index (χ0) is 16.5. The molecular weight excluding hydrogens is 338 g/mol. The molecule has 1 unspecified atom stereocenters. The third kappa shape index (κ3) is 3.42. The molecule has 3 heterocycles. The van der Waals surface area contributed by atoms with Gasteiger partial charge in [-0.2, -0.15) is 5.10 Å². The van der Waals surface area contributed by atoms with E-state index in [4.69, 9.17) is 0 Å². The molecule has 1 fully saturated rings. The van der Waals surface area contributed by atoms with Crippen molar-refractivity contribution in [3.63, 3.8) is 0 Å². The number of nitrogens with one attached hydrogen (secondary N) is 2. The molecule has 0 saturated carbocycles. The van der Waals surface area contributed by atoms with Crippen molar-refractivity contribution in [2.75, 3.05) is 33.2 Å². The van der Waals surface area contributed by atoms with Gasteiger partial charge >= 0.3 is 0 Å². The Balaban J connectivity index is 0.00000182. The van der Waals surface area contributed by atoms with E-state index < -0.39 is 0 Å². The summed E-state index contributed by atoms with van der Waals surface area (Å²) in [5.41, 5.74) is 3.90. The summed E-state index contributed by atoms with van der Waals surface area (Å²) >= 11 is 0. The van der Waals surface area contributed by atoms with Crippen molar-refractivity contribution in [1.29, 1.82) is 0 Å². The molecule has 2 N–H and O–H groups in total. The monoisotopic (exact) mass is 361 g/mol. The Kier molecular flexibility index (Phi) is 5.42. The standard InChI is InChI=1S/C18H23N5O.ClH/c1-22-9-10-23(16(12-22)13-5-3-2-4-6-13)18(24)17-14-11-19-8-7-15(14)20-21-17;/h2-6,16,19H,7-12H2,1H3,(H,20,21);1H. The van der Waals surface area contributed by atoms with E-state index in [0.717, 1.165) is 50.4 Å². The fraction of sp³-hybridized carbons (Fsp3) is 0.444. The van der Waals surface area contributed by atoms with Crippen LogP contribution in [0.3, 0.4) is 0 Å². The molecule has 0 spiro atoms. The number of likely N-dealkylation sites (N-methyl/N-ethyl adjacent to an activating group) is 1. The van der Waals surface area contributed by atoms with Crippen molar-refractivity contribution in [3.05, 3.63) is 52.8 Å². The SMILES string of the molecule is CN1CCN(C(=O)c2n[nH]c3c2CNCC3)C(c2ccccc2)C1.Cl. The number of hydrogen-bond donors (Lipinski definition) is 2. The van der Waals surface area contributed by atoms with Crippen LogP contribution in [0.15, 0.2) is 30.3 Å². The molecule has 0 aliphatic carbocycles. The zero-order valence-corrected chi connectivity index (χ0v) is 15.2. The molecule has 1 atom stereocenters. The summed E-state index contributed by atoms with van der Waals surface area (Å²) in [5.74, 6) is 0.0400. The molecule has 25 heavy (non-hydrogen) atoms. The van der Waals surface area contributed by atoms with Gasteiger partial charge in [0.05, 0.1) is 6.04 Å². The third-order valence-electron chi connectivity index (χ3n) is 5.04. The summed E-state index contributed by atoms with van der Waals surface area (Å²) in [5, 5.41) is 10.7. The molecule has 1 saturated heterocycles. The van der Waals surface area contributed by atoms with E-state index in [2.05, 4.69) is 39.6 Å². The van der Waals surface area contributed by atoms with Gasteiger partial charge in [0.25, 0.3) is 5.91 Å². The fourth-order valence-electron chi connectivity index (χ4n) is 3.66. The van der Waals surface area contributed by atoms with Gasteiger partial charge in [0, 0.05) is 50.4 Å². The summed E-state index contributed by atoms with van der Waals surface area (Å²) in [7, 11) is 2.11. The van der Waals surface area contributed by atoms with E-state index >= 15 is 0 Å². The van der Waals surface area contributed by atoms with Gasteiger partial charge in [-0.25, -0.2) is 0 Å². The number of H-pyrrole nitrogens is 1. The predicted octanol–water partition coefficient (Wildman–Crippen LogP) is 1.61. The molecule has 6 nitrogen and oxygen atoms in total. The molecule has 1 aromatic carbocycles. The largest absolute Gasteiger partial charge is 0.328 e. The number of nitrogens with zero attached hydrogens (tertiary/aromatic N) is 3. The van der Waals surface area contributed by atoms with Crippen LogP contribution in [-0.2, 0) is 13.0 Å². The number of rotatable bonds is 2. The zero-order valence-electron chi connectivity index (χ0n) is 14.4. The number of benzene rings is 1. The number of carbonyl (C=O) groups is 1.